The molecule has 0 saturated carbocycles. The molecule has 2 heterocycles. The van der Waals surface area contributed by atoms with E-state index in [9.17, 15) is 4.39 Å². The largest absolute Gasteiger partial charge is 0.454 e. The maximum atomic E-state index is 13.5. The first-order valence-electron chi connectivity index (χ1n) is 6.54. The average Bonchev–Trinajstić information content (AvgIpc) is 2.86. The lowest BCUT2D eigenvalue weighted by molar-refractivity contribution is 0.172. The smallest absolute Gasteiger partial charge is 0.231 e. The van der Waals surface area contributed by atoms with Crippen molar-refractivity contribution in [3.8, 4) is 11.5 Å². The lowest BCUT2D eigenvalue weighted by atomic mass is 9.89. The topological polar surface area (TPSA) is 30.5 Å². The minimum atomic E-state index is -0.977. The van der Waals surface area contributed by atoms with E-state index in [1.54, 1.807) is 13.0 Å². The van der Waals surface area contributed by atoms with Gasteiger partial charge in [-0.25, -0.2) is 4.39 Å². The number of piperidine rings is 1. The predicted octanol–water partition coefficient (Wildman–Crippen LogP) is 2.91. The van der Waals surface area contributed by atoms with Gasteiger partial charge in [-0.1, -0.05) is 0 Å². The van der Waals surface area contributed by atoms with Crippen molar-refractivity contribution in [2.24, 2.45) is 0 Å². The highest BCUT2D eigenvalue weighted by Gasteiger charge is 2.26. The van der Waals surface area contributed by atoms with Crippen LogP contribution in [0.1, 0.15) is 43.0 Å². The van der Waals surface area contributed by atoms with Gasteiger partial charge in [-0.3, -0.25) is 0 Å². The first-order chi connectivity index (χ1) is 8.75. The van der Waals surface area contributed by atoms with Gasteiger partial charge in [0.25, 0.3) is 0 Å². The Morgan fingerprint density at radius 3 is 3.00 bits per heavy atom. The standard InChI is InChI=1S/C14H18FNO2/c1-9(15)11-5-12(10-3-2-4-16-7-10)14-13(6-11)17-8-18-14/h5-6,9-10,16H,2-4,7-8H2,1H3. The van der Waals surface area contributed by atoms with Crippen LogP contribution in [0.4, 0.5) is 4.39 Å². The summed E-state index contributed by atoms with van der Waals surface area (Å²) in [7, 11) is 0. The Morgan fingerprint density at radius 2 is 2.28 bits per heavy atom. The molecule has 2 aliphatic rings. The molecule has 0 bridgehead atoms. The normalized spacial score (nSPS) is 24.0. The van der Waals surface area contributed by atoms with Crippen molar-refractivity contribution < 1.29 is 13.9 Å². The van der Waals surface area contributed by atoms with Crippen LogP contribution in [0, 0.1) is 0 Å². The molecule has 0 aromatic heterocycles. The Kier molecular flexibility index (Phi) is 3.12. The second-order valence-corrected chi connectivity index (χ2v) is 5.00. The molecule has 3 rings (SSSR count). The van der Waals surface area contributed by atoms with Crippen molar-refractivity contribution in [1.82, 2.24) is 5.32 Å². The number of halogens is 1. The molecule has 3 nitrogen and oxygen atoms in total. The zero-order valence-electron chi connectivity index (χ0n) is 10.5. The van der Waals surface area contributed by atoms with Gasteiger partial charge in [-0.2, -0.15) is 0 Å². The summed E-state index contributed by atoms with van der Waals surface area (Å²) >= 11 is 0. The zero-order valence-corrected chi connectivity index (χ0v) is 10.5. The third-order valence-electron chi connectivity index (χ3n) is 3.72. The first-order valence-corrected chi connectivity index (χ1v) is 6.54. The Bertz CT molecular complexity index is 442. The first kappa shape index (κ1) is 11.8. The summed E-state index contributed by atoms with van der Waals surface area (Å²) in [6, 6.07) is 3.70. The molecule has 1 fully saturated rings. The molecular formula is C14H18FNO2. The van der Waals surface area contributed by atoms with Crippen molar-refractivity contribution in [3.63, 3.8) is 0 Å². The Morgan fingerprint density at radius 1 is 1.39 bits per heavy atom. The summed E-state index contributed by atoms with van der Waals surface area (Å²) in [5.41, 5.74) is 1.77. The average molecular weight is 251 g/mol. The fraction of sp³-hybridized carbons (Fsp3) is 0.571. The number of alkyl halides is 1. The summed E-state index contributed by atoms with van der Waals surface area (Å²) in [6.45, 7) is 3.79. The third-order valence-corrected chi connectivity index (χ3v) is 3.72. The minimum Gasteiger partial charge on any atom is -0.454 e. The van der Waals surface area contributed by atoms with E-state index in [1.807, 2.05) is 6.07 Å². The quantitative estimate of drug-likeness (QED) is 0.876. The van der Waals surface area contributed by atoms with Gasteiger partial charge in [0.1, 0.15) is 6.17 Å². The number of ether oxygens (including phenoxy) is 2. The van der Waals surface area contributed by atoms with Crippen LogP contribution in [0.25, 0.3) is 0 Å². The van der Waals surface area contributed by atoms with Gasteiger partial charge in [0.05, 0.1) is 0 Å². The molecule has 98 valence electrons. The number of hydrogen-bond acceptors (Lipinski definition) is 3. The monoisotopic (exact) mass is 251 g/mol. The van der Waals surface area contributed by atoms with E-state index in [1.165, 1.54) is 0 Å². The summed E-state index contributed by atoms with van der Waals surface area (Å²) in [5.74, 6) is 1.90. The van der Waals surface area contributed by atoms with E-state index in [4.69, 9.17) is 9.47 Å². The van der Waals surface area contributed by atoms with Crippen molar-refractivity contribution in [2.45, 2.75) is 31.9 Å². The van der Waals surface area contributed by atoms with Crippen LogP contribution in [-0.4, -0.2) is 19.9 Å². The molecule has 0 radical (unpaired) electrons. The molecule has 1 saturated heterocycles. The second-order valence-electron chi connectivity index (χ2n) is 5.00. The summed E-state index contributed by atoms with van der Waals surface area (Å²) in [4.78, 5) is 0. The van der Waals surface area contributed by atoms with Gasteiger partial charge in [-0.05, 0) is 44.0 Å². The van der Waals surface area contributed by atoms with E-state index >= 15 is 0 Å². The van der Waals surface area contributed by atoms with Gasteiger partial charge in [0.2, 0.25) is 6.79 Å². The van der Waals surface area contributed by atoms with Crippen molar-refractivity contribution >= 4 is 0 Å². The van der Waals surface area contributed by atoms with Crippen LogP contribution in [0.3, 0.4) is 0 Å². The minimum absolute atomic E-state index is 0.243. The van der Waals surface area contributed by atoms with E-state index in [2.05, 4.69) is 5.32 Å². The third kappa shape index (κ3) is 2.05. The van der Waals surface area contributed by atoms with E-state index in [0.717, 1.165) is 37.2 Å². The maximum absolute atomic E-state index is 13.5. The summed E-state index contributed by atoms with van der Waals surface area (Å²) in [5, 5.41) is 3.38. The number of rotatable bonds is 2. The van der Waals surface area contributed by atoms with Crippen molar-refractivity contribution in [3.05, 3.63) is 23.3 Å². The van der Waals surface area contributed by atoms with Crippen LogP contribution < -0.4 is 14.8 Å². The molecule has 2 unspecified atom stereocenters. The van der Waals surface area contributed by atoms with Crippen LogP contribution in [0.5, 0.6) is 11.5 Å². The molecule has 2 atom stereocenters. The Balaban J connectivity index is 2.00. The highest BCUT2D eigenvalue weighted by atomic mass is 19.1. The SMILES string of the molecule is CC(F)c1cc2c(c(C3CCCNC3)c1)OCO2. The molecular weight excluding hydrogens is 233 g/mol. The fourth-order valence-electron chi connectivity index (χ4n) is 2.71. The molecule has 2 aliphatic heterocycles. The Labute approximate surface area is 106 Å². The van der Waals surface area contributed by atoms with Gasteiger partial charge in [0.15, 0.2) is 11.5 Å². The van der Waals surface area contributed by atoms with E-state index in [0.29, 0.717) is 17.2 Å². The van der Waals surface area contributed by atoms with E-state index < -0.39 is 6.17 Å². The molecule has 0 aliphatic carbocycles. The molecule has 0 amide bonds. The predicted molar refractivity (Wildman–Crippen MR) is 66.9 cm³/mol. The number of fused-ring (bicyclic) bond motifs is 1. The van der Waals surface area contributed by atoms with Gasteiger partial charge < -0.3 is 14.8 Å². The molecule has 1 aromatic rings. The molecule has 4 heteroatoms. The van der Waals surface area contributed by atoms with Crippen LogP contribution in [-0.2, 0) is 0 Å². The van der Waals surface area contributed by atoms with E-state index in [-0.39, 0.29) is 6.79 Å². The molecule has 18 heavy (non-hydrogen) atoms. The zero-order chi connectivity index (χ0) is 12.5. The number of nitrogens with one attached hydrogen (secondary N) is 1. The van der Waals surface area contributed by atoms with Crippen molar-refractivity contribution in [2.75, 3.05) is 19.9 Å². The highest BCUT2D eigenvalue weighted by Crippen LogP contribution is 2.43. The van der Waals surface area contributed by atoms with Gasteiger partial charge in [0, 0.05) is 18.0 Å². The van der Waals surface area contributed by atoms with Gasteiger partial charge >= 0.3 is 0 Å². The summed E-state index contributed by atoms with van der Waals surface area (Å²) < 4.78 is 24.5. The summed E-state index contributed by atoms with van der Waals surface area (Å²) in [6.07, 6.45) is 1.29. The van der Waals surface area contributed by atoms with Crippen molar-refractivity contribution in [1.29, 1.82) is 0 Å². The van der Waals surface area contributed by atoms with Gasteiger partial charge in [-0.15, -0.1) is 0 Å². The lowest BCUT2D eigenvalue weighted by Gasteiger charge is -2.24. The molecule has 1 N–H and O–H groups in total. The van der Waals surface area contributed by atoms with Crippen LogP contribution in [0.2, 0.25) is 0 Å². The number of benzene rings is 1. The fourth-order valence-corrected chi connectivity index (χ4v) is 2.71. The van der Waals surface area contributed by atoms with Crippen LogP contribution in [0.15, 0.2) is 12.1 Å². The lowest BCUT2D eigenvalue weighted by Crippen LogP contribution is -2.28. The number of hydrogen-bond donors (Lipinski definition) is 1. The molecule has 1 aromatic carbocycles. The molecule has 0 spiro atoms. The highest BCUT2D eigenvalue weighted by molar-refractivity contribution is 5.53. The second kappa shape index (κ2) is 4.76. The van der Waals surface area contributed by atoms with Crippen LogP contribution >= 0.6 is 0 Å². The Hall–Kier alpha value is -1.29. The maximum Gasteiger partial charge on any atom is 0.231 e.